The van der Waals surface area contributed by atoms with E-state index < -0.39 is 21.9 Å². The van der Waals surface area contributed by atoms with Crippen molar-refractivity contribution in [3.63, 3.8) is 0 Å². The number of benzene rings is 1. The summed E-state index contributed by atoms with van der Waals surface area (Å²) in [6, 6.07) is 3.74. The van der Waals surface area contributed by atoms with Gasteiger partial charge in [0.25, 0.3) is 0 Å². The minimum Gasteiger partial charge on any atom is -0.462 e. The molecule has 0 bridgehead atoms. The van der Waals surface area contributed by atoms with Crippen molar-refractivity contribution in [1.82, 2.24) is 4.72 Å². The number of carbonyl (C=O) groups excluding carboxylic acids is 2. The topological polar surface area (TPSA) is 89.5 Å². The van der Waals surface area contributed by atoms with Crippen LogP contribution in [-0.4, -0.2) is 33.2 Å². The van der Waals surface area contributed by atoms with Crippen molar-refractivity contribution in [2.24, 2.45) is 0 Å². The van der Waals surface area contributed by atoms with Gasteiger partial charge in [0, 0.05) is 17.1 Å². The van der Waals surface area contributed by atoms with Gasteiger partial charge in [-0.05, 0) is 92.7 Å². The molecule has 128 valence electrons. The molecule has 0 aliphatic heterocycles. The van der Waals surface area contributed by atoms with Gasteiger partial charge in [0.15, 0.2) is 0 Å². The lowest BCUT2D eigenvalue weighted by Crippen LogP contribution is -2.29. The van der Waals surface area contributed by atoms with E-state index in [1.807, 2.05) is 10.8 Å². The number of nitrogens with one attached hydrogen (secondary N) is 1. The number of unbranched alkanes of at least 4 members (excludes halogenated alkanes) is 1. The standard InChI is InChI=1S/C13H14I3NO5S/c1-23(20,21)17-11(18)4-2-3-5-22-13(19)9-6-8(14)7-10(15)12(9)16/h6-7H,2-5H2,1H3,(H,17,18). The van der Waals surface area contributed by atoms with Crippen molar-refractivity contribution in [2.75, 3.05) is 12.9 Å². The van der Waals surface area contributed by atoms with Crippen molar-refractivity contribution in [2.45, 2.75) is 19.3 Å². The molecule has 10 heteroatoms. The molecule has 1 aromatic rings. The SMILES string of the molecule is CS(=O)(=O)NC(=O)CCCCOC(=O)c1cc(I)cc(I)c1I. The quantitative estimate of drug-likeness (QED) is 0.208. The van der Waals surface area contributed by atoms with E-state index in [-0.39, 0.29) is 13.0 Å². The number of sulfonamides is 1. The van der Waals surface area contributed by atoms with Gasteiger partial charge in [-0.15, -0.1) is 0 Å². The largest absolute Gasteiger partial charge is 0.462 e. The molecule has 0 radical (unpaired) electrons. The Morgan fingerprint density at radius 1 is 1.17 bits per heavy atom. The van der Waals surface area contributed by atoms with Crippen LogP contribution in [0.25, 0.3) is 0 Å². The third kappa shape index (κ3) is 8.29. The summed E-state index contributed by atoms with van der Waals surface area (Å²) in [7, 11) is -3.52. The molecule has 1 rings (SSSR count). The van der Waals surface area contributed by atoms with Gasteiger partial charge in [0.05, 0.1) is 18.4 Å². The average Bonchev–Trinajstić information content (AvgIpc) is 2.40. The van der Waals surface area contributed by atoms with Crippen LogP contribution < -0.4 is 4.72 Å². The van der Waals surface area contributed by atoms with Crippen LogP contribution in [0.4, 0.5) is 0 Å². The summed E-state index contributed by atoms with van der Waals surface area (Å²) in [5, 5.41) is 0. The molecule has 1 N–H and O–H groups in total. The van der Waals surface area contributed by atoms with E-state index >= 15 is 0 Å². The second-order valence-corrected chi connectivity index (χ2v) is 9.87. The van der Waals surface area contributed by atoms with Crippen LogP contribution in [0, 0.1) is 10.7 Å². The smallest absolute Gasteiger partial charge is 0.339 e. The molecule has 6 nitrogen and oxygen atoms in total. The van der Waals surface area contributed by atoms with Crippen molar-refractivity contribution in [3.8, 4) is 0 Å². The van der Waals surface area contributed by atoms with Crippen LogP contribution >= 0.6 is 67.8 Å². The molecule has 0 aliphatic carbocycles. The van der Waals surface area contributed by atoms with Gasteiger partial charge >= 0.3 is 5.97 Å². The van der Waals surface area contributed by atoms with Crippen LogP contribution in [0.2, 0.25) is 0 Å². The van der Waals surface area contributed by atoms with Crippen molar-refractivity contribution in [3.05, 3.63) is 28.4 Å². The van der Waals surface area contributed by atoms with Gasteiger partial charge in [-0.25, -0.2) is 13.2 Å². The number of hydrogen-bond donors (Lipinski definition) is 1. The normalized spacial score (nSPS) is 11.1. The lowest BCUT2D eigenvalue weighted by Gasteiger charge is -2.08. The molecule has 1 amide bonds. The Kier molecular flexibility index (Phi) is 9.00. The molecule has 0 aliphatic rings. The maximum atomic E-state index is 12.1. The monoisotopic (exact) mass is 677 g/mol. The molecular weight excluding hydrogens is 663 g/mol. The first kappa shape index (κ1) is 21.3. The molecule has 0 atom stereocenters. The van der Waals surface area contributed by atoms with Gasteiger partial charge in [-0.1, -0.05) is 0 Å². The predicted octanol–water partition coefficient (Wildman–Crippen LogP) is 2.90. The van der Waals surface area contributed by atoms with E-state index in [1.54, 1.807) is 6.07 Å². The number of hydrogen-bond acceptors (Lipinski definition) is 5. The lowest BCUT2D eigenvalue weighted by molar-refractivity contribution is -0.119. The molecule has 0 saturated heterocycles. The zero-order valence-electron chi connectivity index (χ0n) is 12.1. The molecule has 0 saturated carbocycles. The molecular formula is C13H14I3NO5S. The second-order valence-electron chi connectivity index (χ2n) is 4.64. The second kappa shape index (κ2) is 9.70. The minimum absolute atomic E-state index is 0.0727. The van der Waals surface area contributed by atoms with Crippen molar-refractivity contribution in [1.29, 1.82) is 0 Å². The van der Waals surface area contributed by atoms with Crippen molar-refractivity contribution >= 4 is 89.7 Å². The molecule has 0 aromatic heterocycles. The highest BCUT2D eigenvalue weighted by molar-refractivity contribution is 14.1. The van der Waals surface area contributed by atoms with E-state index in [0.717, 1.165) is 17.0 Å². The molecule has 0 unspecified atom stereocenters. The van der Waals surface area contributed by atoms with Gasteiger partial charge in [0.1, 0.15) is 0 Å². The molecule has 0 spiro atoms. The molecule has 23 heavy (non-hydrogen) atoms. The number of amides is 1. The Hall–Kier alpha value is 0.300. The van der Waals surface area contributed by atoms with Crippen LogP contribution in [0.5, 0.6) is 0 Å². The van der Waals surface area contributed by atoms with Gasteiger partial charge in [-0.3, -0.25) is 9.52 Å². The van der Waals surface area contributed by atoms with E-state index in [2.05, 4.69) is 67.8 Å². The first-order chi connectivity index (χ1) is 10.6. The maximum Gasteiger partial charge on any atom is 0.339 e. The average molecular weight is 677 g/mol. The third-order valence-corrected chi connectivity index (χ3v) is 6.81. The summed E-state index contributed by atoms with van der Waals surface area (Å²) < 4.78 is 31.6. The highest BCUT2D eigenvalue weighted by atomic mass is 127. The summed E-state index contributed by atoms with van der Waals surface area (Å²) in [5.41, 5.74) is 0.525. The maximum absolute atomic E-state index is 12.1. The van der Waals surface area contributed by atoms with E-state index in [9.17, 15) is 18.0 Å². The van der Waals surface area contributed by atoms with E-state index in [4.69, 9.17) is 4.74 Å². The first-order valence-electron chi connectivity index (χ1n) is 6.42. The predicted molar refractivity (Wildman–Crippen MR) is 112 cm³/mol. The summed E-state index contributed by atoms with van der Waals surface area (Å²) in [4.78, 5) is 23.4. The van der Waals surface area contributed by atoms with Gasteiger partial charge in [-0.2, -0.15) is 0 Å². The summed E-state index contributed by atoms with van der Waals surface area (Å²) in [6.45, 7) is 0.184. The van der Waals surface area contributed by atoms with Crippen LogP contribution in [-0.2, 0) is 19.6 Å². The Morgan fingerprint density at radius 3 is 2.43 bits per heavy atom. The fraction of sp³-hybridized carbons (Fsp3) is 0.385. The van der Waals surface area contributed by atoms with Crippen LogP contribution in [0.1, 0.15) is 29.6 Å². The zero-order valence-corrected chi connectivity index (χ0v) is 19.4. The number of carbonyl (C=O) groups is 2. The Bertz CT molecular complexity index is 706. The highest BCUT2D eigenvalue weighted by Gasteiger charge is 2.15. The zero-order chi connectivity index (χ0) is 17.6. The highest BCUT2D eigenvalue weighted by Crippen LogP contribution is 2.23. The van der Waals surface area contributed by atoms with Crippen molar-refractivity contribution < 1.29 is 22.7 Å². The molecule has 0 heterocycles. The first-order valence-corrected chi connectivity index (χ1v) is 11.5. The van der Waals surface area contributed by atoms with Crippen LogP contribution in [0.15, 0.2) is 12.1 Å². The Morgan fingerprint density at radius 2 is 1.83 bits per heavy atom. The number of esters is 1. The van der Waals surface area contributed by atoms with Gasteiger partial charge in [0.2, 0.25) is 15.9 Å². The van der Waals surface area contributed by atoms with E-state index in [1.165, 1.54) is 0 Å². The number of rotatable bonds is 7. The summed E-state index contributed by atoms with van der Waals surface area (Å²) in [5.74, 6) is -0.952. The number of halogens is 3. The van der Waals surface area contributed by atoms with Crippen LogP contribution in [0.3, 0.4) is 0 Å². The molecule has 0 fully saturated rings. The summed E-state index contributed by atoms with van der Waals surface area (Å²) in [6.07, 6.45) is 1.93. The fourth-order valence-electron chi connectivity index (χ4n) is 1.59. The fourth-order valence-corrected chi connectivity index (χ4v) is 4.48. The van der Waals surface area contributed by atoms with Gasteiger partial charge < -0.3 is 4.74 Å². The molecule has 1 aromatic carbocycles. The number of ether oxygens (including phenoxy) is 1. The lowest BCUT2D eigenvalue weighted by atomic mass is 10.2. The minimum atomic E-state index is -3.52. The third-order valence-electron chi connectivity index (χ3n) is 2.54. The van der Waals surface area contributed by atoms with E-state index in [0.29, 0.717) is 18.4 Å². The summed E-state index contributed by atoms with van der Waals surface area (Å²) >= 11 is 6.41. The Balaban J connectivity index is 2.40. The Labute approximate surface area is 176 Å².